The molecule has 0 radical (unpaired) electrons. The van der Waals surface area contributed by atoms with Gasteiger partial charge >= 0.3 is 0 Å². The van der Waals surface area contributed by atoms with Crippen LogP contribution in [-0.4, -0.2) is 38.7 Å². The molecule has 0 aliphatic carbocycles. The molecule has 8 nitrogen and oxygen atoms in total. The van der Waals surface area contributed by atoms with Crippen molar-refractivity contribution in [1.29, 1.82) is 0 Å². The van der Waals surface area contributed by atoms with E-state index in [2.05, 4.69) is 25.7 Å². The largest absolute Gasteiger partial charge is 0.354 e. The molecule has 0 saturated carbocycles. The molecular weight excluding hydrogens is 403 g/mol. The molecule has 0 aliphatic heterocycles. The highest BCUT2D eigenvalue weighted by molar-refractivity contribution is 6.42. The topological polar surface area (TPSA) is 105 Å². The normalized spacial score (nSPS) is 11.6. The van der Waals surface area contributed by atoms with Crippen molar-refractivity contribution in [2.45, 2.75) is 26.3 Å². The van der Waals surface area contributed by atoms with Crippen molar-refractivity contribution in [1.82, 2.24) is 25.1 Å². The molecule has 3 rings (SSSR count). The zero-order chi connectivity index (χ0) is 20.5. The SMILES string of the molecule is CC(C)(C)n1ncc2c(=O)[nH]c(NCCNC(=O)c3ccc(Cl)c(Cl)c3)nc21. The number of carbonyl (C=O) groups is 1. The summed E-state index contributed by atoms with van der Waals surface area (Å²) < 4.78 is 1.70. The summed E-state index contributed by atoms with van der Waals surface area (Å²) in [5.41, 5.74) is 0.325. The van der Waals surface area contributed by atoms with Gasteiger partial charge < -0.3 is 10.6 Å². The van der Waals surface area contributed by atoms with E-state index in [0.29, 0.717) is 45.7 Å². The van der Waals surface area contributed by atoms with Gasteiger partial charge in [0.15, 0.2) is 5.65 Å². The summed E-state index contributed by atoms with van der Waals surface area (Å²) in [6.45, 7) is 6.63. The number of nitrogens with one attached hydrogen (secondary N) is 3. The van der Waals surface area contributed by atoms with Crippen LogP contribution >= 0.6 is 23.2 Å². The molecule has 148 valence electrons. The van der Waals surface area contributed by atoms with Crippen molar-refractivity contribution < 1.29 is 4.79 Å². The lowest BCUT2D eigenvalue weighted by atomic mass is 10.1. The Labute approximate surface area is 171 Å². The van der Waals surface area contributed by atoms with Crippen LogP contribution in [0.5, 0.6) is 0 Å². The van der Waals surface area contributed by atoms with E-state index in [9.17, 15) is 9.59 Å². The number of hydrogen-bond acceptors (Lipinski definition) is 5. The van der Waals surface area contributed by atoms with Crippen LogP contribution in [0.1, 0.15) is 31.1 Å². The Balaban J connectivity index is 1.64. The maximum atomic E-state index is 12.2. The van der Waals surface area contributed by atoms with Gasteiger partial charge in [-0.1, -0.05) is 23.2 Å². The molecule has 10 heteroatoms. The van der Waals surface area contributed by atoms with E-state index in [0.717, 1.165) is 0 Å². The van der Waals surface area contributed by atoms with Crippen LogP contribution in [0, 0.1) is 0 Å². The van der Waals surface area contributed by atoms with Gasteiger partial charge in [-0.05, 0) is 39.0 Å². The molecule has 0 fully saturated rings. The molecule has 1 amide bonds. The number of aromatic nitrogens is 4. The van der Waals surface area contributed by atoms with Crippen LogP contribution in [0.4, 0.5) is 5.95 Å². The summed E-state index contributed by atoms with van der Waals surface area (Å²) in [7, 11) is 0. The molecule has 0 atom stereocenters. The second kappa shape index (κ2) is 7.81. The minimum absolute atomic E-state index is 0.275. The number of H-pyrrole nitrogens is 1. The highest BCUT2D eigenvalue weighted by Crippen LogP contribution is 2.22. The monoisotopic (exact) mass is 422 g/mol. The van der Waals surface area contributed by atoms with E-state index in [1.54, 1.807) is 16.8 Å². The third kappa shape index (κ3) is 4.28. The number of aromatic amines is 1. The second-order valence-electron chi connectivity index (χ2n) is 7.19. The van der Waals surface area contributed by atoms with E-state index in [4.69, 9.17) is 23.2 Å². The summed E-state index contributed by atoms with van der Waals surface area (Å²) in [4.78, 5) is 31.5. The van der Waals surface area contributed by atoms with Crippen LogP contribution in [-0.2, 0) is 5.54 Å². The number of nitrogens with zero attached hydrogens (tertiary/aromatic N) is 3. The second-order valence-corrected chi connectivity index (χ2v) is 8.00. The van der Waals surface area contributed by atoms with Crippen molar-refractivity contribution >= 4 is 46.1 Å². The molecule has 3 N–H and O–H groups in total. The molecule has 0 unspecified atom stereocenters. The minimum Gasteiger partial charge on any atom is -0.354 e. The van der Waals surface area contributed by atoms with Gasteiger partial charge in [0, 0.05) is 18.7 Å². The summed E-state index contributed by atoms with van der Waals surface area (Å²) in [6.07, 6.45) is 1.51. The Bertz CT molecular complexity index is 1080. The maximum Gasteiger partial charge on any atom is 0.263 e. The molecule has 28 heavy (non-hydrogen) atoms. The van der Waals surface area contributed by atoms with Gasteiger partial charge in [0.05, 0.1) is 21.8 Å². The Hall–Kier alpha value is -2.58. The Kier molecular flexibility index (Phi) is 5.62. The minimum atomic E-state index is -0.312. The number of hydrogen-bond donors (Lipinski definition) is 3. The van der Waals surface area contributed by atoms with Gasteiger partial charge in [-0.25, -0.2) is 4.68 Å². The molecular formula is C18H20Cl2N6O2. The van der Waals surface area contributed by atoms with Crippen molar-refractivity contribution in [3.05, 3.63) is 50.4 Å². The highest BCUT2D eigenvalue weighted by atomic mass is 35.5. The Morgan fingerprint density at radius 3 is 2.64 bits per heavy atom. The number of carbonyl (C=O) groups excluding carboxylic acids is 1. The third-order valence-corrected chi connectivity index (χ3v) is 4.70. The fraction of sp³-hybridized carbons (Fsp3) is 0.333. The van der Waals surface area contributed by atoms with Crippen molar-refractivity contribution in [2.75, 3.05) is 18.4 Å². The molecule has 0 saturated heterocycles. The van der Waals surface area contributed by atoms with Gasteiger partial charge in [-0.15, -0.1) is 0 Å². The first-order valence-electron chi connectivity index (χ1n) is 8.62. The average molecular weight is 423 g/mol. The first kappa shape index (κ1) is 20.2. The molecule has 1 aromatic carbocycles. The number of amides is 1. The predicted molar refractivity (Wildman–Crippen MR) is 110 cm³/mol. The average Bonchev–Trinajstić information content (AvgIpc) is 3.06. The lowest BCUT2D eigenvalue weighted by Gasteiger charge is -2.19. The van der Waals surface area contributed by atoms with Crippen LogP contribution in [0.2, 0.25) is 10.0 Å². The summed E-state index contributed by atoms with van der Waals surface area (Å²) in [5, 5.41) is 11.2. The first-order valence-corrected chi connectivity index (χ1v) is 9.38. The Morgan fingerprint density at radius 1 is 1.21 bits per heavy atom. The Morgan fingerprint density at radius 2 is 1.96 bits per heavy atom. The molecule has 0 aliphatic rings. The fourth-order valence-electron chi connectivity index (χ4n) is 2.59. The number of fused-ring (bicyclic) bond motifs is 1. The van der Waals surface area contributed by atoms with Gasteiger partial charge in [-0.3, -0.25) is 14.6 Å². The van der Waals surface area contributed by atoms with Gasteiger partial charge in [0.2, 0.25) is 5.95 Å². The van der Waals surface area contributed by atoms with Crippen molar-refractivity contribution in [3.8, 4) is 0 Å². The first-order chi connectivity index (χ1) is 13.2. The zero-order valence-electron chi connectivity index (χ0n) is 15.6. The van der Waals surface area contributed by atoms with Crippen molar-refractivity contribution in [3.63, 3.8) is 0 Å². The van der Waals surface area contributed by atoms with Gasteiger partial charge in [0.25, 0.3) is 11.5 Å². The maximum absolute atomic E-state index is 12.2. The molecule has 0 spiro atoms. The number of benzene rings is 1. The zero-order valence-corrected chi connectivity index (χ0v) is 17.1. The lowest BCUT2D eigenvalue weighted by Crippen LogP contribution is -2.29. The van der Waals surface area contributed by atoms with Crippen LogP contribution in [0.25, 0.3) is 11.0 Å². The molecule has 3 aromatic rings. The van der Waals surface area contributed by atoms with E-state index < -0.39 is 0 Å². The third-order valence-electron chi connectivity index (χ3n) is 3.96. The molecule has 0 bridgehead atoms. The van der Waals surface area contributed by atoms with E-state index in [1.165, 1.54) is 12.3 Å². The smallest absolute Gasteiger partial charge is 0.263 e. The highest BCUT2D eigenvalue weighted by Gasteiger charge is 2.19. The van der Waals surface area contributed by atoms with E-state index in [1.807, 2.05) is 20.8 Å². The van der Waals surface area contributed by atoms with Gasteiger partial charge in [-0.2, -0.15) is 10.1 Å². The molecule has 2 heterocycles. The summed E-state index contributed by atoms with van der Waals surface area (Å²) >= 11 is 11.8. The van der Waals surface area contributed by atoms with Crippen LogP contribution < -0.4 is 16.2 Å². The fourth-order valence-corrected chi connectivity index (χ4v) is 2.89. The van der Waals surface area contributed by atoms with Crippen LogP contribution in [0.3, 0.4) is 0 Å². The quantitative estimate of drug-likeness (QED) is 0.548. The summed E-state index contributed by atoms with van der Waals surface area (Å²) in [5.74, 6) is 0.0374. The van der Waals surface area contributed by atoms with Crippen molar-refractivity contribution in [2.24, 2.45) is 0 Å². The number of halogens is 2. The number of rotatable bonds is 5. The predicted octanol–water partition coefficient (Wildman–Crippen LogP) is 3.02. The van der Waals surface area contributed by atoms with Crippen LogP contribution in [0.15, 0.2) is 29.2 Å². The van der Waals surface area contributed by atoms with E-state index in [-0.39, 0.29) is 17.0 Å². The van der Waals surface area contributed by atoms with E-state index >= 15 is 0 Å². The van der Waals surface area contributed by atoms with Gasteiger partial charge in [0.1, 0.15) is 5.39 Å². The lowest BCUT2D eigenvalue weighted by molar-refractivity contribution is 0.0955. The standard InChI is InChI=1S/C18H20Cl2N6O2/c1-18(2,3)26-14-11(9-23-26)16(28)25-17(24-14)22-7-6-21-15(27)10-4-5-12(19)13(20)8-10/h4-5,8-9H,6-7H2,1-3H3,(H,21,27)(H2,22,24,25,28). The summed E-state index contributed by atoms with van der Waals surface area (Å²) in [6, 6.07) is 4.67. The number of anilines is 1. The molecule has 2 aromatic heterocycles.